The van der Waals surface area contributed by atoms with Crippen LogP contribution in [0.25, 0.3) is 5.57 Å². The Morgan fingerprint density at radius 3 is 2.17 bits per heavy atom. The highest BCUT2D eigenvalue weighted by Gasteiger charge is 2.32. The molecule has 24 heavy (non-hydrogen) atoms. The Labute approximate surface area is 142 Å². The van der Waals surface area contributed by atoms with Crippen molar-refractivity contribution in [1.82, 2.24) is 5.32 Å². The molecule has 122 valence electrons. The maximum absolute atomic E-state index is 12.9. The molecule has 0 atom stereocenters. The molecule has 0 saturated heterocycles. The minimum atomic E-state index is -0.184. The Kier molecular flexibility index (Phi) is 4.34. The van der Waals surface area contributed by atoms with Crippen molar-refractivity contribution in [2.45, 2.75) is 27.2 Å². The molecular formula is C21H21NO2. The number of hydrogen-bond acceptors (Lipinski definition) is 2. The van der Waals surface area contributed by atoms with E-state index in [1.807, 2.05) is 56.3 Å². The van der Waals surface area contributed by atoms with E-state index in [0.29, 0.717) is 11.3 Å². The third-order valence-electron chi connectivity index (χ3n) is 4.36. The lowest BCUT2D eigenvalue weighted by Crippen LogP contribution is -2.30. The molecule has 0 radical (unpaired) electrons. The lowest BCUT2D eigenvalue weighted by Gasteiger charge is -2.14. The maximum Gasteiger partial charge on any atom is 0.227 e. The van der Waals surface area contributed by atoms with Crippen LogP contribution in [0.1, 0.15) is 47.8 Å². The van der Waals surface area contributed by atoms with Crippen molar-refractivity contribution in [3.63, 3.8) is 0 Å². The molecule has 3 rings (SSSR count). The summed E-state index contributed by atoms with van der Waals surface area (Å²) < 4.78 is 0. The Morgan fingerprint density at radius 1 is 0.958 bits per heavy atom. The van der Waals surface area contributed by atoms with Gasteiger partial charge in [-0.3, -0.25) is 9.59 Å². The number of rotatable bonds is 4. The largest absolute Gasteiger partial charge is 0.322 e. The van der Waals surface area contributed by atoms with Crippen molar-refractivity contribution >= 4 is 17.3 Å². The van der Waals surface area contributed by atoms with Crippen molar-refractivity contribution in [3.05, 3.63) is 76.5 Å². The number of benzene rings is 2. The molecule has 0 aliphatic heterocycles. The number of aryl methyl sites for hydroxylation is 1. The molecule has 2 aromatic rings. The molecule has 3 heteroatoms. The van der Waals surface area contributed by atoms with Gasteiger partial charge in [-0.25, -0.2) is 0 Å². The fourth-order valence-electron chi connectivity index (χ4n) is 3.02. The average molecular weight is 319 g/mol. The van der Waals surface area contributed by atoms with Gasteiger partial charge in [0.25, 0.3) is 0 Å². The maximum atomic E-state index is 12.9. The number of carbonyl (C=O) groups is 2. The van der Waals surface area contributed by atoms with Gasteiger partial charge in [-0.15, -0.1) is 0 Å². The van der Waals surface area contributed by atoms with Crippen LogP contribution in [0.3, 0.4) is 0 Å². The van der Waals surface area contributed by atoms with Gasteiger partial charge in [-0.2, -0.15) is 0 Å². The van der Waals surface area contributed by atoms with E-state index in [4.69, 9.17) is 0 Å². The molecule has 1 aliphatic rings. The zero-order chi connectivity index (χ0) is 17.3. The molecule has 3 nitrogen and oxygen atoms in total. The molecule has 0 unspecified atom stereocenters. The first-order valence-electron chi connectivity index (χ1n) is 8.32. The van der Waals surface area contributed by atoms with Crippen molar-refractivity contribution in [1.29, 1.82) is 0 Å². The molecular weight excluding hydrogens is 298 g/mol. The Bertz CT molecular complexity index is 846. The topological polar surface area (TPSA) is 46.2 Å². The number of hydrogen-bond donors (Lipinski definition) is 1. The van der Waals surface area contributed by atoms with Gasteiger partial charge >= 0.3 is 0 Å². The number of Topliss-reactive ketones (excluding diaryl/α,β-unsaturated/α-hetero) is 1. The Hall–Kier alpha value is -2.68. The van der Waals surface area contributed by atoms with Crippen LogP contribution < -0.4 is 5.32 Å². The molecule has 1 amide bonds. The van der Waals surface area contributed by atoms with E-state index in [-0.39, 0.29) is 17.6 Å². The summed E-state index contributed by atoms with van der Waals surface area (Å²) in [6.45, 7) is 5.73. The first-order valence-corrected chi connectivity index (χ1v) is 8.32. The van der Waals surface area contributed by atoms with Crippen molar-refractivity contribution in [2.75, 3.05) is 0 Å². The normalized spacial score (nSPS) is 13.4. The zero-order valence-electron chi connectivity index (χ0n) is 14.2. The van der Waals surface area contributed by atoms with Gasteiger partial charge in [0.15, 0.2) is 0 Å². The van der Waals surface area contributed by atoms with E-state index in [1.54, 1.807) is 0 Å². The van der Waals surface area contributed by atoms with Gasteiger partial charge in [0.1, 0.15) is 0 Å². The fourth-order valence-corrected chi connectivity index (χ4v) is 3.02. The lowest BCUT2D eigenvalue weighted by atomic mass is 9.93. The van der Waals surface area contributed by atoms with E-state index in [0.717, 1.165) is 28.7 Å². The summed E-state index contributed by atoms with van der Waals surface area (Å²) in [6, 6.07) is 15.6. The first kappa shape index (κ1) is 16.2. The van der Waals surface area contributed by atoms with Crippen LogP contribution in [0.15, 0.2) is 54.2 Å². The average Bonchev–Trinajstić information content (AvgIpc) is 2.87. The number of allylic oxidation sites excluding steroid dienone is 1. The number of amides is 1. The predicted molar refractivity (Wildman–Crippen MR) is 95.6 cm³/mol. The van der Waals surface area contributed by atoms with Crippen LogP contribution in [0.4, 0.5) is 0 Å². The highest BCUT2D eigenvalue weighted by atomic mass is 16.2. The Balaban J connectivity index is 2.23. The van der Waals surface area contributed by atoms with Crippen molar-refractivity contribution in [3.8, 4) is 0 Å². The fraction of sp³-hybridized carbons (Fsp3) is 0.238. The van der Waals surface area contributed by atoms with Crippen LogP contribution in [0.5, 0.6) is 0 Å². The van der Waals surface area contributed by atoms with Crippen LogP contribution in [0, 0.1) is 5.92 Å². The zero-order valence-corrected chi connectivity index (χ0v) is 14.2. The van der Waals surface area contributed by atoms with Crippen molar-refractivity contribution in [2.24, 2.45) is 5.92 Å². The quantitative estimate of drug-likeness (QED) is 0.926. The molecule has 1 aliphatic carbocycles. The predicted octanol–water partition coefficient (Wildman–Crippen LogP) is 3.98. The molecule has 0 bridgehead atoms. The lowest BCUT2D eigenvalue weighted by molar-refractivity contribution is -0.123. The molecule has 0 aromatic heterocycles. The summed E-state index contributed by atoms with van der Waals surface area (Å²) in [6.07, 6.45) is 0.863. The van der Waals surface area contributed by atoms with Gasteiger partial charge in [0, 0.05) is 17.1 Å². The highest BCUT2D eigenvalue weighted by Crippen LogP contribution is 2.37. The van der Waals surface area contributed by atoms with E-state index in [1.165, 1.54) is 0 Å². The molecule has 0 heterocycles. The summed E-state index contributed by atoms with van der Waals surface area (Å²) in [5, 5.41) is 2.87. The second kappa shape index (κ2) is 6.44. The van der Waals surface area contributed by atoms with Gasteiger partial charge in [0.05, 0.1) is 5.70 Å². The SMILES string of the molecule is CCc1ccccc1C1=C(NC(=O)C(C)C)C(=O)c2ccccc21. The molecule has 1 N–H and O–H groups in total. The summed E-state index contributed by atoms with van der Waals surface area (Å²) in [5.41, 5.74) is 4.95. The minimum absolute atomic E-state index is 0.111. The summed E-state index contributed by atoms with van der Waals surface area (Å²) in [4.78, 5) is 25.1. The summed E-state index contributed by atoms with van der Waals surface area (Å²) in [5.74, 6) is -0.435. The van der Waals surface area contributed by atoms with Crippen LogP contribution in [-0.4, -0.2) is 11.7 Å². The van der Waals surface area contributed by atoms with Gasteiger partial charge in [-0.05, 0) is 23.1 Å². The molecule has 2 aromatic carbocycles. The smallest absolute Gasteiger partial charge is 0.227 e. The van der Waals surface area contributed by atoms with Crippen LogP contribution in [0.2, 0.25) is 0 Å². The first-order chi connectivity index (χ1) is 11.5. The summed E-state index contributed by atoms with van der Waals surface area (Å²) >= 11 is 0. The second-order valence-corrected chi connectivity index (χ2v) is 6.28. The third-order valence-corrected chi connectivity index (χ3v) is 4.36. The van der Waals surface area contributed by atoms with E-state index in [9.17, 15) is 9.59 Å². The van der Waals surface area contributed by atoms with Gasteiger partial charge in [-0.1, -0.05) is 69.3 Å². The van der Waals surface area contributed by atoms with E-state index >= 15 is 0 Å². The number of fused-ring (bicyclic) bond motifs is 1. The number of carbonyl (C=O) groups excluding carboxylic acids is 2. The number of nitrogens with one attached hydrogen (secondary N) is 1. The molecule has 0 spiro atoms. The second-order valence-electron chi connectivity index (χ2n) is 6.28. The number of ketones is 1. The van der Waals surface area contributed by atoms with Gasteiger partial charge < -0.3 is 5.32 Å². The van der Waals surface area contributed by atoms with Crippen molar-refractivity contribution < 1.29 is 9.59 Å². The molecule has 0 fully saturated rings. The minimum Gasteiger partial charge on any atom is -0.322 e. The third kappa shape index (κ3) is 2.67. The van der Waals surface area contributed by atoms with E-state index < -0.39 is 0 Å². The Morgan fingerprint density at radius 2 is 1.54 bits per heavy atom. The van der Waals surface area contributed by atoms with Gasteiger partial charge in [0.2, 0.25) is 11.7 Å². The van der Waals surface area contributed by atoms with Crippen LogP contribution in [-0.2, 0) is 11.2 Å². The molecule has 0 saturated carbocycles. The van der Waals surface area contributed by atoms with E-state index in [2.05, 4.69) is 18.3 Å². The highest BCUT2D eigenvalue weighted by molar-refractivity contribution is 6.23. The summed E-state index contributed by atoms with van der Waals surface area (Å²) in [7, 11) is 0. The van der Waals surface area contributed by atoms with Crippen LogP contribution >= 0.6 is 0 Å². The standard InChI is InChI=1S/C21H21NO2/c1-4-14-9-5-6-10-15(14)18-16-11-7-8-12-17(16)20(23)19(18)22-21(24)13(2)3/h5-13H,4H2,1-3H3,(H,22,23,24). The monoisotopic (exact) mass is 319 g/mol.